The molecule has 2 rings (SSSR count). The third-order valence-corrected chi connectivity index (χ3v) is 5.08. The molecule has 0 bridgehead atoms. The molecular formula is C16H24N2O4S. The number of piperazine rings is 1. The topological polar surface area (TPSA) is 66.9 Å². The number of nitrogens with zero attached hydrogens (tertiary/aromatic N) is 2. The molecule has 1 aromatic carbocycles. The maximum absolute atomic E-state index is 12.6. The second-order valence-electron chi connectivity index (χ2n) is 6.10. The predicted octanol–water partition coefficient (Wildman–Crippen LogP) is 1.50. The highest BCUT2D eigenvalue weighted by Gasteiger charge is 2.26. The molecule has 0 saturated carbocycles. The van der Waals surface area contributed by atoms with Crippen LogP contribution in [0.3, 0.4) is 0 Å². The molecule has 0 aliphatic carbocycles. The van der Waals surface area contributed by atoms with Crippen molar-refractivity contribution in [2.75, 3.05) is 32.4 Å². The lowest BCUT2D eigenvalue weighted by molar-refractivity contribution is 0.0698. The zero-order valence-corrected chi connectivity index (χ0v) is 14.9. The van der Waals surface area contributed by atoms with E-state index in [2.05, 4.69) is 0 Å². The average molecular weight is 340 g/mol. The monoisotopic (exact) mass is 340 g/mol. The van der Waals surface area contributed by atoms with Gasteiger partial charge < -0.3 is 9.64 Å². The quantitative estimate of drug-likeness (QED) is 0.833. The number of sulfonamides is 1. The largest absolute Gasteiger partial charge is 0.491 e. The number of carbonyl (C=O) groups excluding carboxylic acids is 1. The highest BCUT2D eigenvalue weighted by atomic mass is 32.2. The number of hydrogen-bond acceptors (Lipinski definition) is 4. The van der Waals surface area contributed by atoms with Crippen molar-refractivity contribution < 1.29 is 17.9 Å². The van der Waals surface area contributed by atoms with Crippen LogP contribution >= 0.6 is 0 Å². The predicted molar refractivity (Wildman–Crippen MR) is 89.3 cm³/mol. The first-order valence-electron chi connectivity index (χ1n) is 7.70. The molecule has 1 amide bonds. The zero-order chi connectivity index (χ0) is 17.2. The van der Waals surface area contributed by atoms with Crippen molar-refractivity contribution in [1.82, 2.24) is 9.21 Å². The molecule has 0 spiro atoms. The van der Waals surface area contributed by atoms with Crippen molar-refractivity contribution in [3.63, 3.8) is 0 Å². The van der Waals surface area contributed by atoms with Crippen LogP contribution in [0.4, 0.5) is 0 Å². The molecule has 0 radical (unpaired) electrons. The molecule has 0 aromatic heterocycles. The number of aryl methyl sites for hydroxylation is 1. The summed E-state index contributed by atoms with van der Waals surface area (Å²) < 4.78 is 30.1. The number of ether oxygens (including phenoxy) is 1. The molecular weight excluding hydrogens is 316 g/mol. The van der Waals surface area contributed by atoms with Crippen LogP contribution in [0, 0.1) is 6.92 Å². The van der Waals surface area contributed by atoms with E-state index in [4.69, 9.17) is 4.74 Å². The number of benzene rings is 1. The highest BCUT2D eigenvalue weighted by molar-refractivity contribution is 7.88. The van der Waals surface area contributed by atoms with Crippen molar-refractivity contribution >= 4 is 15.9 Å². The summed E-state index contributed by atoms with van der Waals surface area (Å²) in [5, 5.41) is 0. The van der Waals surface area contributed by atoms with E-state index in [0.717, 1.165) is 11.3 Å². The van der Waals surface area contributed by atoms with Gasteiger partial charge in [0.05, 0.1) is 12.4 Å². The van der Waals surface area contributed by atoms with Crippen LogP contribution in [-0.4, -0.2) is 62.1 Å². The van der Waals surface area contributed by atoms with Gasteiger partial charge in [-0.2, -0.15) is 4.31 Å². The lowest BCUT2D eigenvalue weighted by atomic mass is 10.1. The van der Waals surface area contributed by atoms with E-state index in [1.165, 1.54) is 10.6 Å². The van der Waals surface area contributed by atoms with Gasteiger partial charge in [0.2, 0.25) is 10.0 Å². The van der Waals surface area contributed by atoms with Gasteiger partial charge in [0.1, 0.15) is 5.75 Å². The van der Waals surface area contributed by atoms with Crippen LogP contribution < -0.4 is 4.74 Å². The third kappa shape index (κ3) is 4.45. The first-order chi connectivity index (χ1) is 10.7. The molecule has 1 aliphatic heterocycles. The van der Waals surface area contributed by atoms with E-state index in [0.29, 0.717) is 31.7 Å². The fraction of sp³-hybridized carbons (Fsp3) is 0.562. The van der Waals surface area contributed by atoms with E-state index in [9.17, 15) is 13.2 Å². The van der Waals surface area contributed by atoms with Crippen molar-refractivity contribution in [1.29, 1.82) is 0 Å². The van der Waals surface area contributed by atoms with E-state index in [1.807, 2.05) is 32.9 Å². The van der Waals surface area contributed by atoms with Gasteiger partial charge in [-0.05, 0) is 44.5 Å². The Morgan fingerprint density at radius 1 is 1.17 bits per heavy atom. The van der Waals surface area contributed by atoms with E-state index >= 15 is 0 Å². The lowest BCUT2D eigenvalue weighted by Crippen LogP contribution is -2.50. The van der Waals surface area contributed by atoms with Gasteiger partial charge in [-0.25, -0.2) is 8.42 Å². The maximum atomic E-state index is 12.6. The summed E-state index contributed by atoms with van der Waals surface area (Å²) in [5.74, 6) is 0.704. The molecule has 1 saturated heterocycles. The Kier molecular flexibility index (Phi) is 5.31. The first kappa shape index (κ1) is 17.7. The second-order valence-corrected chi connectivity index (χ2v) is 8.08. The molecule has 128 valence electrons. The maximum Gasteiger partial charge on any atom is 0.253 e. The summed E-state index contributed by atoms with van der Waals surface area (Å²) in [6, 6.07) is 5.40. The van der Waals surface area contributed by atoms with Gasteiger partial charge in [-0.3, -0.25) is 4.79 Å². The molecule has 7 heteroatoms. The minimum atomic E-state index is -3.18. The molecule has 0 atom stereocenters. The van der Waals surface area contributed by atoms with E-state index < -0.39 is 10.0 Å². The molecule has 23 heavy (non-hydrogen) atoms. The molecule has 1 fully saturated rings. The van der Waals surface area contributed by atoms with Gasteiger partial charge in [0.25, 0.3) is 5.91 Å². The van der Waals surface area contributed by atoms with E-state index in [-0.39, 0.29) is 12.0 Å². The van der Waals surface area contributed by atoms with Crippen molar-refractivity contribution in [3.05, 3.63) is 29.3 Å². The van der Waals surface area contributed by atoms with Gasteiger partial charge in [-0.15, -0.1) is 0 Å². The summed E-state index contributed by atoms with van der Waals surface area (Å²) in [7, 11) is -3.18. The second kappa shape index (κ2) is 6.88. The summed E-state index contributed by atoms with van der Waals surface area (Å²) in [6.45, 7) is 7.34. The van der Waals surface area contributed by atoms with Crippen LogP contribution in [0.2, 0.25) is 0 Å². The smallest absolute Gasteiger partial charge is 0.253 e. The fourth-order valence-corrected chi connectivity index (χ4v) is 3.40. The van der Waals surface area contributed by atoms with Gasteiger partial charge in [0, 0.05) is 31.7 Å². The number of carbonyl (C=O) groups is 1. The summed E-state index contributed by atoms with van der Waals surface area (Å²) >= 11 is 0. The van der Waals surface area contributed by atoms with Crippen molar-refractivity contribution in [2.24, 2.45) is 0 Å². The highest BCUT2D eigenvalue weighted by Crippen LogP contribution is 2.21. The average Bonchev–Trinajstić information content (AvgIpc) is 2.47. The summed E-state index contributed by atoms with van der Waals surface area (Å²) in [6.07, 6.45) is 1.28. The van der Waals surface area contributed by atoms with Gasteiger partial charge >= 0.3 is 0 Å². The van der Waals surface area contributed by atoms with Crippen LogP contribution in [-0.2, 0) is 10.0 Å². The Hall–Kier alpha value is -1.60. The minimum absolute atomic E-state index is 0.0719. The Balaban J connectivity index is 2.06. The minimum Gasteiger partial charge on any atom is -0.491 e. The molecule has 1 aromatic rings. The molecule has 6 nitrogen and oxygen atoms in total. The van der Waals surface area contributed by atoms with Crippen molar-refractivity contribution in [3.8, 4) is 5.75 Å². The third-order valence-electron chi connectivity index (χ3n) is 3.78. The number of rotatable bonds is 4. The van der Waals surface area contributed by atoms with Crippen LogP contribution in [0.15, 0.2) is 18.2 Å². The standard InChI is InChI=1S/C16H24N2O4S/c1-12(2)22-15-6-5-14(11-13(15)3)16(19)17-7-9-18(10-8-17)23(4,20)21/h5-6,11-12H,7-10H2,1-4H3. The normalized spacial score (nSPS) is 16.7. The number of hydrogen-bond donors (Lipinski definition) is 0. The molecule has 0 unspecified atom stereocenters. The number of amides is 1. The van der Waals surface area contributed by atoms with Gasteiger partial charge in [0.15, 0.2) is 0 Å². The summed E-state index contributed by atoms with van der Waals surface area (Å²) in [4.78, 5) is 14.3. The van der Waals surface area contributed by atoms with E-state index in [1.54, 1.807) is 11.0 Å². The molecule has 0 N–H and O–H groups in total. The fourth-order valence-electron chi connectivity index (χ4n) is 2.57. The van der Waals surface area contributed by atoms with Crippen LogP contribution in [0.5, 0.6) is 5.75 Å². The Bertz CT molecular complexity index is 677. The Labute approximate surface area is 138 Å². The first-order valence-corrected chi connectivity index (χ1v) is 9.55. The molecule has 1 aliphatic rings. The van der Waals surface area contributed by atoms with Crippen LogP contribution in [0.1, 0.15) is 29.8 Å². The SMILES string of the molecule is Cc1cc(C(=O)N2CCN(S(C)(=O)=O)CC2)ccc1OC(C)C. The van der Waals surface area contributed by atoms with Gasteiger partial charge in [-0.1, -0.05) is 0 Å². The Morgan fingerprint density at radius 3 is 2.26 bits per heavy atom. The zero-order valence-electron chi connectivity index (χ0n) is 14.1. The Morgan fingerprint density at radius 2 is 1.78 bits per heavy atom. The summed E-state index contributed by atoms with van der Waals surface area (Å²) in [5.41, 5.74) is 1.52. The molecule has 1 heterocycles. The van der Waals surface area contributed by atoms with Crippen LogP contribution in [0.25, 0.3) is 0 Å². The van der Waals surface area contributed by atoms with Crippen molar-refractivity contribution in [2.45, 2.75) is 26.9 Å². The lowest BCUT2D eigenvalue weighted by Gasteiger charge is -2.33.